The lowest BCUT2D eigenvalue weighted by Crippen LogP contribution is -2.26. The van der Waals surface area contributed by atoms with Gasteiger partial charge in [-0.05, 0) is 24.1 Å². The molecule has 4 aromatic rings. The normalized spacial score (nSPS) is 12.2. The van der Waals surface area contributed by atoms with E-state index in [4.69, 9.17) is 27.2 Å². The lowest BCUT2D eigenvalue weighted by molar-refractivity contribution is 0.752. The Morgan fingerprint density at radius 2 is 1.70 bits per heavy atom. The first-order valence-corrected chi connectivity index (χ1v) is 9.90. The van der Waals surface area contributed by atoms with Crippen molar-refractivity contribution in [3.8, 4) is 0 Å². The van der Waals surface area contributed by atoms with E-state index >= 15 is 0 Å². The van der Waals surface area contributed by atoms with Gasteiger partial charge in [-0.25, -0.2) is 4.98 Å². The predicted molar refractivity (Wildman–Crippen MR) is 121 cm³/mol. The van der Waals surface area contributed by atoms with Crippen molar-refractivity contribution in [1.29, 1.82) is 0 Å². The number of rotatable bonds is 7. The summed E-state index contributed by atoms with van der Waals surface area (Å²) in [6.07, 6.45) is 0.567. The summed E-state index contributed by atoms with van der Waals surface area (Å²) in [5.41, 5.74) is 22.4. The highest BCUT2D eigenvalue weighted by atomic mass is 15.2. The van der Waals surface area contributed by atoms with Crippen LogP contribution in [0.15, 0.2) is 54.6 Å². The summed E-state index contributed by atoms with van der Waals surface area (Å²) in [7, 11) is 0. The molecule has 0 radical (unpaired) electrons. The van der Waals surface area contributed by atoms with Crippen molar-refractivity contribution in [3.05, 3.63) is 71.5 Å². The van der Waals surface area contributed by atoms with Crippen LogP contribution < -0.4 is 22.5 Å². The minimum Gasteiger partial charge on any atom is -0.398 e. The van der Waals surface area contributed by atoms with Gasteiger partial charge >= 0.3 is 0 Å². The molecule has 0 fully saturated rings. The van der Waals surface area contributed by atoms with E-state index < -0.39 is 0 Å². The van der Waals surface area contributed by atoms with Crippen LogP contribution in [0.5, 0.6) is 0 Å². The predicted octanol–water partition coefficient (Wildman–Crippen LogP) is 2.39. The Hall–Kier alpha value is -3.65. The standard InChI is InChI=1S/C22H26N8/c1-14(23)12-26-22-28-20(25)19-21(29-22)30(13-15-7-3-2-4-8-15)18(27-19)11-16-9-5-6-10-17(16)24/h2-10,14H,11-13,23-24H2,1H3,(H3,25,26,28,29). The third-order valence-corrected chi connectivity index (χ3v) is 4.87. The number of hydrogen-bond acceptors (Lipinski definition) is 7. The molecule has 8 heteroatoms. The van der Waals surface area contributed by atoms with Gasteiger partial charge in [-0.1, -0.05) is 48.5 Å². The Kier molecular flexibility index (Phi) is 5.49. The summed E-state index contributed by atoms with van der Waals surface area (Å²) >= 11 is 0. The second kappa shape index (κ2) is 8.38. The smallest absolute Gasteiger partial charge is 0.226 e. The monoisotopic (exact) mass is 402 g/mol. The maximum absolute atomic E-state index is 6.24. The van der Waals surface area contributed by atoms with Crippen molar-refractivity contribution >= 4 is 28.6 Å². The average Bonchev–Trinajstić information content (AvgIpc) is 3.07. The average molecular weight is 403 g/mol. The Balaban J connectivity index is 1.81. The highest BCUT2D eigenvalue weighted by molar-refractivity contribution is 5.83. The second-order valence-electron chi connectivity index (χ2n) is 7.44. The van der Waals surface area contributed by atoms with Crippen LogP contribution in [0.2, 0.25) is 0 Å². The molecule has 7 N–H and O–H groups in total. The van der Waals surface area contributed by atoms with Crippen LogP contribution in [0, 0.1) is 0 Å². The minimum atomic E-state index is -0.0311. The largest absolute Gasteiger partial charge is 0.398 e. The molecule has 0 aliphatic heterocycles. The van der Waals surface area contributed by atoms with Crippen molar-refractivity contribution < 1.29 is 0 Å². The lowest BCUT2D eigenvalue weighted by Gasteiger charge is -2.11. The fourth-order valence-corrected chi connectivity index (χ4v) is 3.33. The summed E-state index contributed by atoms with van der Waals surface area (Å²) in [6, 6.07) is 17.9. The summed E-state index contributed by atoms with van der Waals surface area (Å²) in [5, 5.41) is 3.15. The van der Waals surface area contributed by atoms with Gasteiger partial charge in [-0.15, -0.1) is 0 Å². The summed E-state index contributed by atoms with van der Waals surface area (Å²) < 4.78 is 2.08. The molecule has 154 valence electrons. The van der Waals surface area contributed by atoms with Crippen molar-refractivity contribution in [2.24, 2.45) is 5.73 Å². The van der Waals surface area contributed by atoms with E-state index in [-0.39, 0.29) is 6.04 Å². The van der Waals surface area contributed by atoms with Gasteiger partial charge in [0.15, 0.2) is 17.0 Å². The van der Waals surface area contributed by atoms with Crippen LogP contribution in [0.3, 0.4) is 0 Å². The van der Waals surface area contributed by atoms with E-state index in [1.165, 1.54) is 0 Å². The first kappa shape index (κ1) is 19.7. The molecule has 2 heterocycles. The number of benzene rings is 2. The van der Waals surface area contributed by atoms with E-state index in [1.807, 2.05) is 49.4 Å². The summed E-state index contributed by atoms with van der Waals surface area (Å²) in [4.78, 5) is 13.8. The van der Waals surface area contributed by atoms with Gasteiger partial charge in [0.1, 0.15) is 5.82 Å². The number of nitrogens with two attached hydrogens (primary N) is 3. The Morgan fingerprint density at radius 3 is 2.43 bits per heavy atom. The molecule has 0 aliphatic carbocycles. The number of aromatic nitrogens is 4. The van der Waals surface area contributed by atoms with Crippen molar-refractivity contribution in [3.63, 3.8) is 0 Å². The first-order valence-electron chi connectivity index (χ1n) is 9.90. The summed E-state index contributed by atoms with van der Waals surface area (Å²) in [5.74, 6) is 1.61. The number of nitrogen functional groups attached to an aromatic ring is 2. The quantitative estimate of drug-likeness (QED) is 0.349. The molecule has 30 heavy (non-hydrogen) atoms. The van der Waals surface area contributed by atoms with Crippen molar-refractivity contribution in [2.45, 2.75) is 25.9 Å². The molecule has 2 aromatic heterocycles. The number of para-hydroxylation sites is 1. The third-order valence-electron chi connectivity index (χ3n) is 4.87. The zero-order chi connectivity index (χ0) is 21.1. The maximum atomic E-state index is 6.24. The van der Waals surface area contributed by atoms with E-state index in [2.05, 4.69) is 27.0 Å². The molecule has 4 rings (SSSR count). The van der Waals surface area contributed by atoms with Crippen LogP contribution in [0.4, 0.5) is 17.5 Å². The highest BCUT2D eigenvalue weighted by Gasteiger charge is 2.18. The topological polar surface area (TPSA) is 134 Å². The van der Waals surface area contributed by atoms with Crippen molar-refractivity contribution in [1.82, 2.24) is 19.5 Å². The van der Waals surface area contributed by atoms with Gasteiger partial charge in [-0.2, -0.15) is 9.97 Å². The number of nitrogens with zero attached hydrogens (tertiary/aromatic N) is 4. The Bertz CT molecular complexity index is 1150. The third kappa shape index (κ3) is 4.18. The molecular weight excluding hydrogens is 376 g/mol. The number of fused-ring (bicyclic) bond motifs is 1. The molecule has 1 unspecified atom stereocenters. The molecule has 0 bridgehead atoms. The molecular formula is C22H26N8. The zero-order valence-corrected chi connectivity index (χ0v) is 16.9. The van der Waals surface area contributed by atoms with E-state index in [0.717, 1.165) is 22.6 Å². The van der Waals surface area contributed by atoms with Crippen LogP contribution in [-0.2, 0) is 13.0 Å². The molecule has 0 saturated heterocycles. The molecule has 0 spiro atoms. The number of nitrogens with one attached hydrogen (secondary N) is 1. The Morgan fingerprint density at radius 1 is 0.967 bits per heavy atom. The fraction of sp³-hybridized carbons (Fsp3) is 0.227. The van der Waals surface area contributed by atoms with E-state index in [9.17, 15) is 0 Å². The van der Waals surface area contributed by atoms with Gasteiger partial charge in [0, 0.05) is 24.7 Å². The minimum absolute atomic E-state index is 0.0311. The van der Waals surface area contributed by atoms with Crippen LogP contribution >= 0.6 is 0 Å². The zero-order valence-electron chi connectivity index (χ0n) is 16.9. The second-order valence-corrected chi connectivity index (χ2v) is 7.44. The molecule has 0 aliphatic rings. The van der Waals surface area contributed by atoms with Crippen LogP contribution in [-0.4, -0.2) is 32.1 Å². The molecule has 2 aromatic carbocycles. The van der Waals surface area contributed by atoms with Gasteiger partial charge in [0.25, 0.3) is 0 Å². The van der Waals surface area contributed by atoms with E-state index in [0.29, 0.717) is 42.4 Å². The lowest BCUT2D eigenvalue weighted by atomic mass is 10.1. The number of imidazole rings is 1. The van der Waals surface area contributed by atoms with Crippen molar-refractivity contribution in [2.75, 3.05) is 23.3 Å². The van der Waals surface area contributed by atoms with Gasteiger partial charge < -0.3 is 27.1 Å². The van der Waals surface area contributed by atoms with E-state index in [1.54, 1.807) is 0 Å². The number of anilines is 3. The molecule has 1 atom stereocenters. The summed E-state index contributed by atoms with van der Waals surface area (Å²) in [6.45, 7) is 3.07. The van der Waals surface area contributed by atoms with Crippen LogP contribution in [0.1, 0.15) is 23.9 Å². The fourth-order valence-electron chi connectivity index (χ4n) is 3.33. The maximum Gasteiger partial charge on any atom is 0.226 e. The Labute approximate surface area is 175 Å². The van der Waals surface area contributed by atoms with Gasteiger partial charge in [0.2, 0.25) is 5.95 Å². The molecule has 0 amide bonds. The van der Waals surface area contributed by atoms with Gasteiger partial charge in [-0.3, -0.25) is 0 Å². The SMILES string of the molecule is CC(N)CNc1nc(N)c2nc(Cc3ccccc3N)n(Cc3ccccc3)c2n1. The van der Waals surface area contributed by atoms with Crippen LogP contribution in [0.25, 0.3) is 11.2 Å². The number of hydrogen-bond donors (Lipinski definition) is 4. The molecule has 0 saturated carbocycles. The molecule has 8 nitrogen and oxygen atoms in total. The first-order chi connectivity index (χ1) is 14.5. The van der Waals surface area contributed by atoms with Gasteiger partial charge in [0.05, 0.1) is 6.54 Å². The highest BCUT2D eigenvalue weighted by Crippen LogP contribution is 2.25.